The van der Waals surface area contributed by atoms with Crippen LogP contribution in [0.2, 0.25) is 0 Å². The molecule has 3 N–H and O–H groups in total. The van der Waals surface area contributed by atoms with Crippen LogP contribution in [0.4, 0.5) is 11.5 Å². The zero-order chi connectivity index (χ0) is 13.9. The second kappa shape index (κ2) is 5.43. The first-order valence-electron chi connectivity index (χ1n) is 6.92. The molecule has 4 heteroatoms. The highest BCUT2D eigenvalue weighted by Gasteiger charge is 2.24. The minimum Gasteiger partial charge on any atom is -0.399 e. The number of rotatable bonds is 5. The molecule has 2 rings (SSSR count). The van der Waals surface area contributed by atoms with Crippen LogP contribution in [0.5, 0.6) is 0 Å². The first kappa shape index (κ1) is 13.6. The quantitative estimate of drug-likeness (QED) is 0.804. The zero-order valence-corrected chi connectivity index (χ0v) is 11.9. The third-order valence-electron chi connectivity index (χ3n) is 4.07. The van der Waals surface area contributed by atoms with E-state index in [1.54, 1.807) is 6.33 Å². The molecule has 0 saturated heterocycles. The van der Waals surface area contributed by atoms with Gasteiger partial charge in [-0.3, -0.25) is 0 Å². The summed E-state index contributed by atoms with van der Waals surface area (Å²) in [5, 5.41) is 4.64. The summed E-state index contributed by atoms with van der Waals surface area (Å²) in [6.45, 7) is 6.63. The van der Waals surface area contributed by atoms with E-state index in [1.807, 2.05) is 18.2 Å². The Morgan fingerprint density at radius 2 is 1.79 bits per heavy atom. The van der Waals surface area contributed by atoms with Crippen LogP contribution in [-0.2, 0) is 0 Å². The number of nitrogen functional groups attached to an aromatic ring is 1. The highest BCUT2D eigenvalue weighted by molar-refractivity contribution is 5.90. The van der Waals surface area contributed by atoms with Gasteiger partial charge in [0.2, 0.25) is 0 Å². The lowest BCUT2D eigenvalue weighted by atomic mass is 9.89. The largest absolute Gasteiger partial charge is 0.399 e. The first-order valence-corrected chi connectivity index (χ1v) is 6.92. The molecule has 0 aliphatic heterocycles. The van der Waals surface area contributed by atoms with Crippen LogP contribution in [0.3, 0.4) is 0 Å². The molecule has 0 saturated carbocycles. The smallest absolute Gasteiger partial charge is 0.137 e. The van der Waals surface area contributed by atoms with Gasteiger partial charge >= 0.3 is 0 Å². The van der Waals surface area contributed by atoms with Crippen LogP contribution in [0.25, 0.3) is 10.9 Å². The molecule has 2 aromatic rings. The average molecular weight is 258 g/mol. The fourth-order valence-corrected chi connectivity index (χ4v) is 2.44. The van der Waals surface area contributed by atoms with Crippen molar-refractivity contribution in [1.29, 1.82) is 0 Å². The van der Waals surface area contributed by atoms with Crippen molar-refractivity contribution >= 4 is 22.4 Å². The van der Waals surface area contributed by atoms with E-state index in [4.69, 9.17) is 5.73 Å². The second-order valence-electron chi connectivity index (χ2n) is 4.96. The zero-order valence-electron chi connectivity index (χ0n) is 11.9. The monoisotopic (exact) mass is 258 g/mol. The fraction of sp³-hybridized carbons (Fsp3) is 0.467. The molecule has 0 aliphatic rings. The van der Waals surface area contributed by atoms with Gasteiger partial charge in [-0.25, -0.2) is 9.97 Å². The summed E-state index contributed by atoms with van der Waals surface area (Å²) in [6, 6.07) is 5.76. The molecule has 0 unspecified atom stereocenters. The lowest BCUT2D eigenvalue weighted by molar-refractivity contribution is 0.419. The number of hydrogen-bond acceptors (Lipinski definition) is 4. The van der Waals surface area contributed by atoms with Crippen LogP contribution >= 0.6 is 0 Å². The van der Waals surface area contributed by atoms with Gasteiger partial charge in [-0.1, -0.05) is 20.8 Å². The lowest BCUT2D eigenvalue weighted by Crippen LogP contribution is -2.36. The molecular weight excluding hydrogens is 236 g/mol. The molecule has 0 fully saturated rings. The van der Waals surface area contributed by atoms with E-state index in [2.05, 4.69) is 36.1 Å². The van der Waals surface area contributed by atoms with Gasteiger partial charge in [0.25, 0.3) is 0 Å². The van der Waals surface area contributed by atoms with E-state index in [0.717, 1.165) is 41.7 Å². The number of anilines is 2. The molecule has 1 aromatic heterocycles. The van der Waals surface area contributed by atoms with Gasteiger partial charge in [-0.15, -0.1) is 0 Å². The maximum atomic E-state index is 5.80. The van der Waals surface area contributed by atoms with Crippen molar-refractivity contribution in [2.75, 3.05) is 11.1 Å². The van der Waals surface area contributed by atoms with Crippen LogP contribution < -0.4 is 11.1 Å². The topological polar surface area (TPSA) is 63.8 Å². The summed E-state index contributed by atoms with van der Waals surface area (Å²) in [5.41, 5.74) is 7.51. The van der Waals surface area contributed by atoms with E-state index in [-0.39, 0.29) is 5.54 Å². The molecule has 0 aliphatic carbocycles. The Kier molecular flexibility index (Phi) is 3.88. The van der Waals surface area contributed by atoms with E-state index in [1.165, 1.54) is 0 Å². The fourth-order valence-electron chi connectivity index (χ4n) is 2.44. The van der Waals surface area contributed by atoms with E-state index in [0.29, 0.717) is 0 Å². The Morgan fingerprint density at radius 1 is 1.11 bits per heavy atom. The highest BCUT2D eigenvalue weighted by Crippen LogP contribution is 2.28. The molecular formula is C15H22N4. The molecule has 0 amide bonds. The molecule has 4 nitrogen and oxygen atoms in total. The van der Waals surface area contributed by atoms with Crippen molar-refractivity contribution in [3.63, 3.8) is 0 Å². The van der Waals surface area contributed by atoms with Crippen molar-refractivity contribution < 1.29 is 0 Å². The molecule has 0 atom stereocenters. The summed E-state index contributed by atoms with van der Waals surface area (Å²) in [6.07, 6.45) is 4.80. The van der Waals surface area contributed by atoms with Crippen molar-refractivity contribution in [2.24, 2.45) is 0 Å². The molecule has 19 heavy (non-hydrogen) atoms. The van der Waals surface area contributed by atoms with Gasteiger partial charge in [0.15, 0.2) is 0 Å². The van der Waals surface area contributed by atoms with Gasteiger partial charge in [0.1, 0.15) is 12.1 Å². The van der Waals surface area contributed by atoms with E-state index in [9.17, 15) is 0 Å². The minimum absolute atomic E-state index is 0.0999. The Balaban J connectivity index is 2.45. The Labute approximate surface area is 114 Å². The Morgan fingerprint density at radius 3 is 2.42 bits per heavy atom. The van der Waals surface area contributed by atoms with Crippen molar-refractivity contribution in [1.82, 2.24) is 9.97 Å². The van der Waals surface area contributed by atoms with E-state index < -0.39 is 0 Å². The normalized spacial score (nSPS) is 11.7. The summed E-state index contributed by atoms with van der Waals surface area (Å²) in [4.78, 5) is 8.68. The third kappa shape index (κ3) is 2.62. The second-order valence-corrected chi connectivity index (χ2v) is 4.96. The van der Waals surface area contributed by atoms with Gasteiger partial charge in [-0.2, -0.15) is 0 Å². The predicted octanol–water partition coefficient (Wildman–Crippen LogP) is 3.59. The van der Waals surface area contributed by atoms with Crippen LogP contribution in [0.15, 0.2) is 24.5 Å². The number of nitrogens with two attached hydrogens (primary N) is 1. The predicted molar refractivity (Wildman–Crippen MR) is 81.2 cm³/mol. The summed E-state index contributed by atoms with van der Waals surface area (Å²) in [5.74, 6) is 0.899. The van der Waals surface area contributed by atoms with Crippen LogP contribution in [0.1, 0.15) is 40.0 Å². The summed E-state index contributed by atoms with van der Waals surface area (Å²) >= 11 is 0. The van der Waals surface area contributed by atoms with Crippen molar-refractivity contribution in [2.45, 2.75) is 45.6 Å². The average Bonchev–Trinajstić information content (AvgIpc) is 2.44. The third-order valence-corrected chi connectivity index (χ3v) is 4.07. The molecule has 0 bridgehead atoms. The molecule has 1 aromatic carbocycles. The number of nitrogens with zero attached hydrogens (tertiary/aromatic N) is 2. The standard InChI is InChI=1S/C15H22N4/c1-4-15(5-2,6-3)19-14-12-8-7-11(16)9-13(12)17-10-18-14/h7-10H,4-6,16H2,1-3H3,(H,17,18,19). The number of aromatic nitrogens is 2. The SMILES string of the molecule is CCC(CC)(CC)Nc1ncnc2cc(N)ccc12. The molecule has 0 radical (unpaired) electrons. The first-order chi connectivity index (χ1) is 9.14. The minimum atomic E-state index is 0.0999. The number of nitrogens with one attached hydrogen (secondary N) is 1. The van der Waals surface area contributed by atoms with Gasteiger partial charge in [0.05, 0.1) is 5.52 Å². The van der Waals surface area contributed by atoms with Crippen molar-refractivity contribution in [3.05, 3.63) is 24.5 Å². The molecule has 0 spiro atoms. The summed E-state index contributed by atoms with van der Waals surface area (Å²) in [7, 11) is 0. The number of hydrogen-bond donors (Lipinski definition) is 2. The Bertz CT molecular complexity index is 553. The van der Waals surface area contributed by atoms with Gasteiger partial charge in [-0.05, 0) is 37.5 Å². The van der Waals surface area contributed by atoms with Crippen LogP contribution in [0, 0.1) is 0 Å². The number of benzene rings is 1. The number of fused-ring (bicyclic) bond motifs is 1. The highest BCUT2D eigenvalue weighted by atomic mass is 15.1. The molecule has 1 heterocycles. The van der Waals surface area contributed by atoms with Gasteiger partial charge < -0.3 is 11.1 Å². The Hall–Kier alpha value is -1.84. The maximum Gasteiger partial charge on any atom is 0.137 e. The van der Waals surface area contributed by atoms with Crippen LogP contribution in [-0.4, -0.2) is 15.5 Å². The van der Waals surface area contributed by atoms with E-state index >= 15 is 0 Å². The molecule has 102 valence electrons. The summed E-state index contributed by atoms with van der Waals surface area (Å²) < 4.78 is 0. The van der Waals surface area contributed by atoms with Gasteiger partial charge in [0, 0.05) is 16.6 Å². The maximum absolute atomic E-state index is 5.80. The van der Waals surface area contributed by atoms with Crippen molar-refractivity contribution in [3.8, 4) is 0 Å². The lowest BCUT2D eigenvalue weighted by Gasteiger charge is -2.32.